The van der Waals surface area contributed by atoms with Gasteiger partial charge in [-0.25, -0.2) is 9.97 Å². The van der Waals surface area contributed by atoms with Crippen LogP contribution in [0.3, 0.4) is 0 Å². The van der Waals surface area contributed by atoms with E-state index < -0.39 is 0 Å². The number of thiazole rings is 1. The van der Waals surface area contributed by atoms with Crippen LogP contribution in [0, 0.1) is 12.8 Å². The number of nitrogens with one attached hydrogen (secondary N) is 1. The molecule has 23 heavy (non-hydrogen) atoms. The average Bonchev–Trinajstić information content (AvgIpc) is 3.02. The number of hydrogen-bond acceptors (Lipinski definition) is 5. The lowest BCUT2D eigenvalue weighted by molar-refractivity contribution is 0.181. The van der Waals surface area contributed by atoms with Crippen LogP contribution in [0.2, 0.25) is 0 Å². The molecule has 1 fully saturated rings. The first-order valence-corrected chi connectivity index (χ1v) is 9.44. The Bertz CT molecular complexity index is 617. The number of anilines is 1. The van der Waals surface area contributed by atoms with Gasteiger partial charge in [0, 0.05) is 24.2 Å². The molecule has 124 valence electrons. The Hall–Kier alpha value is -1.46. The zero-order valence-electron chi connectivity index (χ0n) is 14.1. The van der Waals surface area contributed by atoms with Crippen LogP contribution in [0.4, 0.5) is 5.82 Å². The van der Waals surface area contributed by atoms with Gasteiger partial charge in [-0.2, -0.15) is 0 Å². The van der Waals surface area contributed by atoms with Crippen molar-refractivity contribution in [2.24, 2.45) is 5.92 Å². The van der Waals surface area contributed by atoms with E-state index in [1.807, 2.05) is 13.0 Å². The third-order valence-corrected chi connectivity index (χ3v) is 5.50. The van der Waals surface area contributed by atoms with E-state index >= 15 is 0 Å². The second-order valence-electron chi connectivity index (χ2n) is 6.35. The quantitative estimate of drug-likeness (QED) is 0.876. The van der Waals surface area contributed by atoms with Gasteiger partial charge in [-0.1, -0.05) is 13.0 Å². The first kappa shape index (κ1) is 16.4. The second-order valence-corrected chi connectivity index (χ2v) is 7.29. The standard InChI is InChI=1S/C18H26N4S/c1-3-18-21-16(13-23-18)12-22-9-7-15(8-10-22)11-19-17-6-4-5-14(2)20-17/h4-6,13,15H,3,7-12H2,1-2H3,(H,19,20). The number of piperidine rings is 1. The van der Waals surface area contributed by atoms with Crippen LogP contribution in [0.5, 0.6) is 0 Å². The summed E-state index contributed by atoms with van der Waals surface area (Å²) in [7, 11) is 0. The summed E-state index contributed by atoms with van der Waals surface area (Å²) in [5.41, 5.74) is 2.31. The molecular formula is C18H26N4S. The molecule has 2 aromatic rings. The molecule has 1 aliphatic heterocycles. The van der Waals surface area contributed by atoms with Crippen LogP contribution < -0.4 is 5.32 Å². The number of aryl methyl sites for hydroxylation is 2. The van der Waals surface area contributed by atoms with Gasteiger partial charge in [-0.3, -0.25) is 4.90 Å². The molecule has 2 aromatic heterocycles. The van der Waals surface area contributed by atoms with Gasteiger partial charge >= 0.3 is 0 Å². The number of aromatic nitrogens is 2. The molecule has 0 atom stereocenters. The Morgan fingerprint density at radius 2 is 2.09 bits per heavy atom. The van der Waals surface area contributed by atoms with Gasteiger partial charge in [0.15, 0.2) is 0 Å². The summed E-state index contributed by atoms with van der Waals surface area (Å²) >= 11 is 1.79. The Morgan fingerprint density at radius 3 is 2.78 bits per heavy atom. The molecule has 1 aliphatic rings. The monoisotopic (exact) mass is 330 g/mol. The number of rotatable bonds is 6. The average molecular weight is 331 g/mol. The molecule has 0 bridgehead atoms. The van der Waals surface area contributed by atoms with Crippen LogP contribution in [0.15, 0.2) is 23.6 Å². The SMILES string of the molecule is CCc1nc(CN2CCC(CNc3cccc(C)n3)CC2)cs1. The highest BCUT2D eigenvalue weighted by molar-refractivity contribution is 7.09. The molecule has 1 saturated heterocycles. The molecule has 0 unspecified atom stereocenters. The summed E-state index contributed by atoms with van der Waals surface area (Å²) in [6, 6.07) is 6.15. The van der Waals surface area contributed by atoms with Crippen LogP contribution >= 0.6 is 11.3 Å². The predicted octanol–water partition coefficient (Wildman–Crippen LogP) is 3.73. The van der Waals surface area contributed by atoms with Crippen LogP contribution in [0.1, 0.15) is 36.2 Å². The lowest BCUT2D eigenvalue weighted by atomic mass is 9.96. The predicted molar refractivity (Wildman–Crippen MR) is 97.0 cm³/mol. The van der Waals surface area contributed by atoms with E-state index in [1.165, 1.54) is 36.6 Å². The van der Waals surface area contributed by atoms with Crippen molar-refractivity contribution in [2.45, 2.75) is 39.7 Å². The number of hydrogen-bond donors (Lipinski definition) is 1. The molecule has 0 saturated carbocycles. The third-order valence-electron chi connectivity index (χ3n) is 4.45. The Morgan fingerprint density at radius 1 is 1.26 bits per heavy atom. The largest absolute Gasteiger partial charge is 0.370 e. The normalized spacial score (nSPS) is 16.6. The van der Waals surface area contributed by atoms with Gasteiger partial charge in [-0.15, -0.1) is 11.3 Å². The molecule has 0 aromatic carbocycles. The minimum atomic E-state index is 0.746. The van der Waals surface area contributed by atoms with E-state index in [4.69, 9.17) is 0 Å². The van der Waals surface area contributed by atoms with Gasteiger partial charge in [0.2, 0.25) is 0 Å². The van der Waals surface area contributed by atoms with Crippen molar-refractivity contribution in [1.82, 2.24) is 14.9 Å². The number of nitrogens with zero attached hydrogens (tertiary/aromatic N) is 3. The molecule has 0 aliphatic carbocycles. The Labute approximate surface area is 143 Å². The maximum absolute atomic E-state index is 4.68. The summed E-state index contributed by atoms with van der Waals surface area (Å²) in [5, 5.41) is 6.96. The third kappa shape index (κ3) is 4.75. The molecule has 0 radical (unpaired) electrons. The highest BCUT2D eigenvalue weighted by Crippen LogP contribution is 2.20. The summed E-state index contributed by atoms with van der Waals surface area (Å²) in [4.78, 5) is 11.7. The zero-order chi connectivity index (χ0) is 16.1. The van der Waals surface area contributed by atoms with E-state index in [-0.39, 0.29) is 0 Å². The topological polar surface area (TPSA) is 41.1 Å². The van der Waals surface area contributed by atoms with Crippen molar-refractivity contribution < 1.29 is 0 Å². The highest BCUT2D eigenvalue weighted by Gasteiger charge is 2.19. The minimum Gasteiger partial charge on any atom is -0.370 e. The van der Waals surface area contributed by atoms with Gasteiger partial charge in [0.25, 0.3) is 0 Å². The number of pyridine rings is 1. The molecule has 3 heterocycles. The van der Waals surface area contributed by atoms with Gasteiger partial charge in [0.05, 0.1) is 10.7 Å². The molecular weight excluding hydrogens is 304 g/mol. The van der Waals surface area contributed by atoms with Crippen molar-refractivity contribution in [3.63, 3.8) is 0 Å². The van der Waals surface area contributed by atoms with Gasteiger partial charge in [0.1, 0.15) is 5.82 Å². The fourth-order valence-corrected chi connectivity index (χ4v) is 3.79. The highest BCUT2D eigenvalue weighted by atomic mass is 32.1. The van der Waals surface area contributed by atoms with E-state index in [2.05, 4.69) is 44.6 Å². The summed E-state index contributed by atoms with van der Waals surface area (Å²) in [5.74, 6) is 1.75. The molecule has 0 spiro atoms. The molecule has 0 amide bonds. The van der Waals surface area contributed by atoms with E-state index in [1.54, 1.807) is 11.3 Å². The second kappa shape index (κ2) is 7.88. The molecule has 5 heteroatoms. The van der Waals surface area contributed by atoms with Crippen molar-refractivity contribution in [3.05, 3.63) is 40.0 Å². The maximum Gasteiger partial charge on any atom is 0.126 e. The van der Waals surface area contributed by atoms with Gasteiger partial charge < -0.3 is 5.32 Å². The molecule has 4 nitrogen and oxygen atoms in total. The first-order valence-electron chi connectivity index (χ1n) is 8.56. The minimum absolute atomic E-state index is 0.746. The van der Waals surface area contributed by atoms with E-state index in [9.17, 15) is 0 Å². The van der Waals surface area contributed by atoms with Crippen LogP contribution in [0.25, 0.3) is 0 Å². The lowest BCUT2D eigenvalue weighted by Crippen LogP contribution is -2.35. The summed E-state index contributed by atoms with van der Waals surface area (Å²) in [6.07, 6.45) is 3.55. The molecule has 1 N–H and O–H groups in total. The maximum atomic E-state index is 4.68. The summed E-state index contributed by atoms with van der Waals surface area (Å²) in [6.45, 7) is 8.59. The smallest absolute Gasteiger partial charge is 0.126 e. The molecule has 3 rings (SSSR count). The first-order chi connectivity index (χ1) is 11.2. The Kier molecular flexibility index (Phi) is 5.62. The Balaban J connectivity index is 1.41. The van der Waals surface area contributed by atoms with Crippen molar-refractivity contribution in [1.29, 1.82) is 0 Å². The lowest BCUT2D eigenvalue weighted by Gasteiger charge is -2.31. The summed E-state index contributed by atoms with van der Waals surface area (Å²) < 4.78 is 0. The fraction of sp³-hybridized carbons (Fsp3) is 0.556. The van der Waals surface area contributed by atoms with E-state index in [0.29, 0.717) is 0 Å². The van der Waals surface area contributed by atoms with Crippen molar-refractivity contribution >= 4 is 17.2 Å². The zero-order valence-corrected chi connectivity index (χ0v) is 14.9. The van der Waals surface area contributed by atoms with Crippen LogP contribution in [-0.4, -0.2) is 34.5 Å². The van der Waals surface area contributed by atoms with E-state index in [0.717, 1.165) is 36.9 Å². The van der Waals surface area contributed by atoms with Crippen molar-refractivity contribution in [3.8, 4) is 0 Å². The van der Waals surface area contributed by atoms with Gasteiger partial charge in [-0.05, 0) is 57.3 Å². The fourth-order valence-electron chi connectivity index (χ4n) is 3.05. The van der Waals surface area contributed by atoms with Crippen LogP contribution in [-0.2, 0) is 13.0 Å². The number of likely N-dealkylation sites (tertiary alicyclic amines) is 1. The van der Waals surface area contributed by atoms with Crippen molar-refractivity contribution in [2.75, 3.05) is 25.0 Å².